The summed E-state index contributed by atoms with van der Waals surface area (Å²) in [4.78, 5) is 24.4. The van der Waals surface area contributed by atoms with Crippen LogP contribution < -0.4 is 5.32 Å². The van der Waals surface area contributed by atoms with Crippen LogP contribution in [0.1, 0.15) is 16.7 Å². The highest BCUT2D eigenvalue weighted by Crippen LogP contribution is 2.21. The van der Waals surface area contributed by atoms with E-state index in [0.717, 1.165) is 5.56 Å². The van der Waals surface area contributed by atoms with Gasteiger partial charge in [-0.1, -0.05) is 29.8 Å². The minimum atomic E-state index is -0.450. The Morgan fingerprint density at radius 3 is 2.42 bits per heavy atom. The molecule has 0 aliphatic carbocycles. The summed E-state index contributed by atoms with van der Waals surface area (Å²) in [6, 6.07) is 12.6. The fourth-order valence-corrected chi connectivity index (χ4v) is 2.40. The van der Waals surface area contributed by atoms with Crippen LogP contribution in [-0.2, 0) is 11.3 Å². The maximum atomic E-state index is 12.2. The number of anilines is 1. The van der Waals surface area contributed by atoms with Gasteiger partial charge in [-0.2, -0.15) is 0 Å². The van der Waals surface area contributed by atoms with Gasteiger partial charge in [0.15, 0.2) is 0 Å². The summed E-state index contributed by atoms with van der Waals surface area (Å²) in [7, 11) is 1.88. The number of non-ortho nitro benzene ring substituents is 1. The predicted molar refractivity (Wildman–Crippen MR) is 94.0 cm³/mol. The molecule has 1 amide bonds. The molecule has 0 heterocycles. The molecule has 0 aromatic heterocycles. The lowest BCUT2D eigenvalue weighted by Crippen LogP contribution is -2.30. The SMILES string of the molecule is Cc1ccc(CN(C)CC(=O)Nc2ccc([N+](=O)[O-])cc2C)cc1. The molecule has 0 radical (unpaired) electrons. The standard InChI is InChI=1S/C18H21N3O3/c1-13-4-6-15(7-5-13)11-20(3)12-18(22)19-17-9-8-16(21(23)24)10-14(17)2/h4-10H,11-12H2,1-3H3,(H,19,22). The van der Waals surface area contributed by atoms with Crippen LogP contribution in [0.25, 0.3) is 0 Å². The third kappa shape index (κ3) is 4.89. The molecule has 126 valence electrons. The molecular weight excluding hydrogens is 306 g/mol. The zero-order valence-electron chi connectivity index (χ0n) is 14.1. The number of benzene rings is 2. The first kappa shape index (κ1) is 17.6. The molecule has 0 fully saturated rings. The molecule has 24 heavy (non-hydrogen) atoms. The zero-order valence-corrected chi connectivity index (χ0v) is 14.1. The highest BCUT2D eigenvalue weighted by molar-refractivity contribution is 5.93. The van der Waals surface area contributed by atoms with E-state index in [9.17, 15) is 14.9 Å². The van der Waals surface area contributed by atoms with Crippen molar-refractivity contribution in [3.05, 3.63) is 69.3 Å². The van der Waals surface area contributed by atoms with Crippen molar-refractivity contribution >= 4 is 17.3 Å². The first-order chi connectivity index (χ1) is 11.3. The summed E-state index contributed by atoms with van der Waals surface area (Å²) in [6.45, 7) is 4.68. The summed E-state index contributed by atoms with van der Waals surface area (Å²) in [5.41, 5.74) is 3.62. The monoisotopic (exact) mass is 327 g/mol. The molecule has 0 aliphatic rings. The van der Waals surface area contributed by atoms with Gasteiger partial charge in [-0.3, -0.25) is 19.8 Å². The molecular formula is C18H21N3O3. The summed E-state index contributed by atoms with van der Waals surface area (Å²) in [5, 5.41) is 13.5. The van der Waals surface area contributed by atoms with Crippen LogP contribution >= 0.6 is 0 Å². The molecule has 6 heteroatoms. The van der Waals surface area contributed by atoms with Crippen LogP contribution in [0.4, 0.5) is 11.4 Å². The van der Waals surface area contributed by atoms with E-state index in [4.69, 9.17) is 0 Å². The summed E-state index contributed by atoms with van der Waals surface area (Å²) in [5.74, 6) is -0.151. The van der Waals surface area contributed by atoms with Crippen LogP contribution in [0.3, 0.4) is 0 Å². The van der Waals surface area contributed by atoms with Gasteiger partial charge in [0.1, 0.15) is 0 Å². The van der Waals surface area contributed by atoms with E-state index in [0.29, 0.717) is 17.8 Å². The van der Waals surface area contributed by atoms with Crippen LogP contribution in [-0.4, -0.2) is 29.3 Å². The lowest BCUT2D eigenvalue weighted by Gasteiger charge is -2.17. The Bertz CT molecular complexity index is 742. The summed E-state index contributed by atoms with van der Waals surface area (Å²) >= 11 is 0. The van der Waals surface area contributed by atoms with Crippen molar-refractivity contribution in [2.75, 3.05) is 18.9 Å². The van der Waals surface area contributed by atoms with E-state index < -0.39 is 4.92 Å². The molecule has 6 nitrogen and oxygen atoms in total. The molecule has 2 aromatic carbocycles. The second kappa shape index (κ2) is 7.70. The third-order valence-corrected chi connectivity index (χ3v) is 3.68. The Hall–Kier alpha value is -2.73. The normalized spacial score (nSPS) is 10.7. The fourth-order valence-electron chi connectivity index (χ4n) is 2.40. The van der Waals surface area contributed by atoms with Gasteiger partial charge in [0.25, 0.3) is 5.69 Å². The highest BCUT2D eigenvalue weighted by Gasteiger charge is 2.12. The average molecular weight is 327 g/mol. The van der Waals surface area contributed by atoms with Crippen LogP contribution in [0.5, 0.6) is 0 Å². The molecule has 0 spiro atoms. The first-order valence-electron chi connectivity index (χ1n) is 7.64. The molecule has 2 aromatic rings. The number of nitrogens with zero attached hydrogens (tertiary/aromatic N) is 2. The zero-order chi connectivity index (χ0) is 17.7. The van der Waals surface area contributed by atoms with Gasteiger partial charge in [0, 0.05) is 24.4 Å². The van der Waals surface area contributed by atoms with E-state index in [1.807, 2.05) is 43.1 Å². The number of hydrogen-bond donors (Lipinski definition) is 1. The molecule has 0 unspecified atom stereocenters. The highest BCUT2D eigenvalue weighted by atomic mass is 16.6. The maximum absolute atomic E-state index is 12.2. The predicted octanol–water partition coefficient (Wildman–Crippen LogP) is 3.28. The Balaban J connectivity index is 1.92. The largest absolute Gasteiger partial charge is 0.325 e. The Morgan fingerprint density at radius 1 is 1.17 bits per heavy atom. The quantitative estimate of drug-likeness (QED) is 0.652. The van der Waals surface area contributed by atoms with E-state index in [2.05, 4.69) is 5.32 Å². The number of nitro groups is 1. The fraction of sp³-hybridized carbons (Fsp3) is 0.278. The Labute approximate surface area is 141 Å². The van der Waals surface area contributed by atoms with Crippen molar-refractivity contribution in [3.8, 4) is 0 Å². The molecule has 0 saturated carbocycles. The summed E-state index contributed by atoms with van der Waals surface area (Å²) in [6.07, 6.45) is 0. The van der Waals surface area contributed by atoms with Crippen molar-refractivity contribution in [2.24, 2.45) is 0 Å². The number of likely N-dealkylation sites (N-methyl/N-ethyl adjacent to an activating group) is 1. The molecule has 2 rings (SSSR count). The van der Waals surface area contributed by atoms with Crippen LogP contribution in [0.2, 0.25) is 0 Å². The number of rotatable bonds is 6. The number of carbonyl (C=O) groups is 1. The Morgan fingerprint density at radius 2 is 1.83 bits per heavy atom. The number of carbonyl (C=O) groups excluding carboxylic acids is 1. The molecule has 0 atom stereocenters. The first-order valence-corrected chi connectivity index (χ1v) is 7.64. The lowest BCUT2D eigenvalue weighted by atomic mass is 10.1. The number of aryl methyl sites for hydroxylation is 2. The van der Waals surface area contributed by atoms with E-state index in [1.165, 1.54) is 17.7 Å². The van der Waals surface area contributed by atoms with Crippen molar-refractivity contribution in [3.63, 3.8) is 0 Å². The second-order valence-corrected chi connectivity index (χ2v) is 5.96. The van der Waals surface area contributed by atoms with Crippen molar-refractivity contribution in [1.82, 2.24) is 4.90 Å². The van der Waals surface area contributed by atoms with Gasteiger partial charge in [-0.25, -0.2) is 0 Å². The van der Waals surface area contributed by atoms with E-state index in [1.54, 1.807) is 13.0 Å². The van der Waals surface area contributed by atoms with Gasteiger partial charge in [0.2, 0.25) is 5.91 Å². The number of nitrogens with one attached hydrogen (secondary N) is 1. The second-order valence-electron chi connectivity index (χ2n) is 5.96. The van der Waals surface area contributed by atoms with Gasteiger partial charge in [-0.15, -0.1) is 0 Å². The van der Waals surface area contributed by atoms with Crippen molar-refractivity contribution in [1.29, 1.82) is 0 Å². The maximum Gasteiger partial charge on any atom is 0.269 e. The minimum Gasteiger partial charge on any atom is -0.325 e. The number of amides is 1. The van der Waals surface area contributed by atoms with E-state index >= 15 is 0 Å². The average Bonchev–Trinajstić information content (AvgIpc) is 2.51. The molecule has 0 bridgehead atoms. The van der Waals surface area contributed by atoms with Crippen molar-refractivity contribution < 1.29 is 9.72 Å². The van der Waals surface area contributed by atoms with Gasteiger partial charge in [-0.05, 0) is 38.1 Å². The minimum absolute atomic E-state index is 0.0157. The number of hydrogen-bond acceptors (Lipinski definition) is 4. The van der Waals surface area contributed by atoms with Gasteiger partial charge in [0.05, 0.1) is 11.5 Å². The van der Waals surface area contributed by atoms with Crippen molar-refractivity contribution in [2.45, 2.75) is 20.4 Å². The van der Waals surface area contributed by atoms with Gasteiger partial charge < -0.3 is 5.32 Å². The third-order valence-electron chi connectivity index (χ3n) is 3.68. The molecule has 0 saturated heterocycles. The smallest absolute Gasteiger partial charge is 0.269 e. The van der Waals surface area contributed by atoms with E-state index in [-0.39, 0.29) is 18.1 Å². The van der Waals surface area contributed by atoms with Crippen LogP contribution in [0.15, 0.2) is 42.5 Å². The lowest BCUT2D eigenvalue weighted by molar-refractivity contribution is -0.384. The summed E-state index contributed by atoms with van der Waals surface area (Å²) < 4.78 is 0. The number of nitro benzene ring substituents is 1. The molecule has 1 N–H and O–H groups in total. The van der Waals surface area contributed by atoms with Crippen LogP contribution in [0, 0.1) is 24.0 Å². The topological polar surface area (TPSA) is 75.5 Å². The molecule has 0 aliphatic heterocycles. The van der Waals surface area contributed by atoms with Gasteiger partial charge >= 0.3 is 0 Å². The Kier molecular flexibility index (Phi) is 5.65.